The molecule has 1 aliphatic rings. The summed E-state index contributed by atoms with van der Waals surface area (Å²) >= 11 is 0. The largest absolute Gasteiger partial charge is 0.506 e. The molecular formula is C16H22O5. The summed E-state index contributed by atoms with van der Waals surface area (Å²) in [6, 6.07) is 1.55. The van der Waals surface area contributed by atoms with Gasteiger partial charge in [0.05, 0.1) is 25.4 Å². The maximum absolute atomic E-state index is 11.8. The summed E-state index contributed by atoms with van der Waals surface area (Å²) < 4.78 is 10.5. The van der Waals surface area contributed by atoms with Crippen LogP contribution in [0.15, 0.2) is 6.07 Å². The summed E-state index contributed by atoms with van der Waals surface area (Å²) in [6.07, 6.45) is 3.89. The number of phenolic OH excluding ortho intramolecular Hbond substituents is 1. The highest BCUT2D eigenvalue weighted by Crippen LogP contribution is 2.49. The number of carbonyl (C=O) groups is 1. The highest BCUT2D eigenvalue weighted by molar-refractivity contribution is 6.00. The van der Waals surface area contributed by atoms with Gasteiger partial charge in [-0.05, 0) is 19.8 Å². The van der Waals surface area contributed by atoms with E-state index < -0.39 is 5.60 Å². The molecule has 1 aliphatic carbocycles. The first kappa shape index (κ1) is 15.6. The third-order valence-corrected chi connectivity index (χ3v) is 4.17. The number of aromatic hydroxyl groups is 1. The van der Waals surface area contributed by atoms with Gasteiger partial charge in [-0.2, -0.15) is 0 Å². The average Bonchev–Trinajstić information content (AvgIpc) is 2.45. The minimum atomic E-state index is -1.16. The van der Waals surface area contributed by atoms with Crippen LogP contribution >= 0.6 is 0 Å². The molecule has 2 N–H and O–H groups in total. The number of benzene rings is 1. The van der Waals surface area contributed by atoms with E-state index in [0.717, 1.165) is 19.3 Å². The van der Waals surface area contributed by atoms with Gasteiger partial charge in [-0.25, -0.2) is 0 Å². The van der Waals surface area contributed by atoms with Crippen LogP contribution in [0.2, 0.25) is 0 Å². The molecule has 0 spiro atoms. The minimum absolute atomic E-state index is 0.0901. The first-order chi connectivity index (χ1) is 9.94. The molecule has 1 aromatic carbocycles. The summed E-state index contributed by atoms with van der Waals surface area (Å²) in [5.41, 5.74) is -0.771. The SMILES string of the molecule is COc1cc(OC)c(C2(O)CCCCC2)c(O)c1C(C)=O. The molecule has 1 aromatic rings. The van der Waals surface area contributed by atoms with E-state index in [2.05, 4.69) is 0 Å². The van der Waals surface area contributed by atoms with Gasteiger partial charge >= 0.3 is 0 Å². The summed E-state index contributed by atoms with van der Waals surface area (Å²) in [5, 5.41) is 21.5. The molecule has 0 amide bonds. The molecular weight excluding hydrogens is 272 g/mol. The molecule has 0 bridgehead atoms. The number of rotatable bonds is 4. The summed E-state index contributed by atoms with van der Waals surface area (Å²) in [7, 11) is 2.90. The second-order valence-electron chi connectivity index (χ2n) is 5.53. The third-order valence-electron chi connectivity index (χ3n) is 4.17. The van der Waals surface area contributed by atoms with Crippen molar-refractivity contribution in [1.82, 2.24) is 0 Å². The van der Waals surface area contributed by atoms with Crippen molar-refractivity contribution in [2.45, 2.75) is 44.6 Å². The van der Waals surface area contributed by atoms with Crippen LogP contribution < -0.4 is 9.47 Å². The van der Waals surface area contributed by atoms with E-state index >= 15 is 0 Å². The number of ketones is 1. The first-order valence-corrected chi connectivity index (χ1v) is 7.16. The Morgan fingerprint density at radius 3 is 2.19 bits per heavy atom. The number of aliphatic hydroxyl groups is 1. The predicted molar refractivity (Wildman–Crippen MR) is 78.2 cm³/mol. The molecule has 2 rings (SSSR count). The zero-order chi connectivity index (χ0) is 15.6. The quantitative estimate of drug-likeness (QED) is 0.835. The molecule has 0 unspecified atom stereocenters. The second kappa shape index (κ2) is 5.93. The summed E-state index contributed by atoms with van der Waals surface area (Å²) in [4.78, 5) is 11.8. The van der Waals surface area contributed by atoms with E-state index in [0.29, 0.717) is 24.2 Å². The lowest BCUT2D eigenvalue weighted by molar-refractivity contribution is -0.00462. The Kier molecular flexibility index (Phi) is 4.42. The Balaban J connectivity index is 2.68. The van der Waals surface area contributed by atoms with Gasteiger partial charge in [-0.1, -0.05) is 19.3 Å². The maximum Gasteiger partial charge on any atom is 0.167 e. The number of methoxy groups -OCH3 is 2. The van der Waals surface area contributed by atoms with E-state index in [4.69, 9.17) is 9.47 Å². The maximum atomic E-state index is 11.8. The molecule has 0 aromatic heterocycles. The van der Waals surface area contributed by atoms with Gasteiger partial charge in [-0.3, -0.25) is 4.79 Å². The number of Topliss-reactive ketones (excluding diaryl/α,β-unsaturated/α-hetero) is 1. The summed E-state index contributed by atoms with van der Waals surface area (Å²) in [6.45, 7) is 1.36. The smallest absolute Gasteiger partial charge is 0.167 e. The molecule has 5 nitrogen and oxygen atoms in total. The second-order valence-corrected chi connectivity index (χ2v) is 5.53. The number of ether oxygens (including phenoxy) is 2. The lowest BCUT2D eigenvalue weighted by Gasteiger charge is -2.34. The van der Waals surface area contributed by atoms with Crippen LogP contribution in [0.5, 0.6) is 17.2 Å². The zero-order valence-electron chi connectivity index (χ0n) is 12.7. The van der Waals surface area contributed by atoms with Crippen LogP contribution in [0.3, 0.4) is 0 Å². The van der Waals surface area contributed by atoms with Gasteiger partial charge in [0.25, 0.3) is 0 Å². The summed E-state index contributed by atoms with van der Waals surface area (Å²) in [5.74, 6) is 0.0505. The molecule has 0 radical (unpaired) electrons. The van der Waals surface area contributed by atoms with Crippen LogP contribution in [0.25, 0.3) is 0 Å². The number of phenols is 1. The monoisotopic (exact) mass is 294 g/mol. The van der Waals surface area contributed by atoms with Crippen molar-refractivity contribution in [3.63, 3.8) is 0 Å². The topological polar surface area (TPSA) is 76.0 Å². The van der Waals surface area contributed by atoms with Crippen LogP contribution in [0.1, 0.15) is 54.9 Å². The number of carbonyl (C=O) groups excluding carboxylic acids is 1. The Morgan fingerprint density at radius 2 is 1.71 bits per heavy atom. The van der Waals surface area contributed by atoms with Crippen LogP contribution in [-0.2, 0) is 5.60 Å². The van der Waals surface area contributed by atoms with Crippen LogP contribution in [-0.4, -0.2) is 30.2 Å². The van der Waals surface area contributed by atoms with E-state index in [-0.39, 0.29) is 22.8 Å². The Morgan fingerprint density at radius 1 is 1.14 bits per heavy atom. The molecule has 21 heavy (non-hydrogen) atoms. The van der Waals surface area contributed by atoms with Crippen molar-refractivity contribution >= 4 is 5.78 Å². The Bertz CT molecular complexity index is 544. The first-order valence-electron chi connectivity index (χ1n) is 7.16. The molecule has 1 saturated carbocycles. The van der Waals surface area contributed by atoms with Gasteiger partial charge in [0.15, 0.2) is 5.78 Å². The highest BCUT2D eigenvalue weighted by Gasteiger charge is 2.38. The Labute approximate surface area is 124 Å². The fourth-order valence-corrected chi connectivity index (χ4v) is 3.12. The number of hydrogen-bond acceptors (Lipinski definition) is 5. The van der Waals surface area contributed by atoms with Crippen molar-refractivity contribution in [2.24, 2.45) is 0 Å². The van der Waals surface area contributed by atoms with Crippen LogP contribution in [0, 0.1) is 0 Å². The lowest BCUT2D eigenvalue weighted by atomic mass is 9.78. The minimum Gasteiger partial charge on any atom is -0.506 e. The molecule has 116 valence electrons. The van der Waals surface area contributed by atoms with Crippen LogP contribution in [0.4, 0.5) is 0 Å². The van der Waals surface area contributed by atoms with Gasteiger partial charge in [-0.15, -0.1) is 0 Å². The van der Waals surface area contributed by atoms with E-state index in [1.165, 1.54) is 21.1 Å². The Hall–Kier alpha value is -1.75. The van der Waals surface area contributed by atoms with E-state index in [9.17, 15) is 15.0 Å². The van der Waals surface area contributed by atoms with Crippen molar-refractivity contribution < 1.29 is 24.5 Å². The zero-order valence-corrected chi connectivity index (χ0v) is 12.7. The molecule has 0 aliphatic heterocycles. The third kappa shape index (κ3) is 2.70. The molecule has 0 saturated heterocycles. The van der Waals surface area contributed by atoms with Crippen molar-refractivity contribution in [1.29, 1.82) is 0 Å². The van der Waals surface area contributed by atoms with E-state index in [1.807, 2.05) is 0 Å². The standard InChI is InChI=1S/C16H22O5/c1-10(17)13-11(20-2)9-12(21-3)14(15(13)18)16(19)7-5-4-6-8-16/h9,18-19H,4-8H2,1-3H3. The predicted octanol–water partition coefficient (Wildman–Crippen LogP) is 2.76. The molecule has 0 atom stereocenters. The molecule has 5 heteroatoms. The molecule has 1 fully saturated rings. The van der Waals surface area contributed by atoms with E-state index in [1.54, 1.807) is 6.07 Å². The molecule has 0 heterocycles. The van der Waals surface area contributed by atoms with Crippen molar-refractivity contribution in [3.05, 3.63) is 17.2 Å². The normalized spacial score (nSPS) is 17.3. The fourth-order valence-electron chi connectivity index (χ4n) is 3.12. The van der Waals surface area contributed by atoms with Gasteiger partial charge in [0.1, 0.15) is 22.8 Å². The lowest BCUT2D eigenvalue weighted by Crippen LogP contribution is -2.29. The van der Waals surface area contributed by atoms with Gasteiger partial charge in [0, 0.05) is 6.07 Å². The fraction of sp³-hybridized carbons (Fsp3) is 0.562. The number of hydrogen-bond donors (Lipinski definition) is 2. The van der Waals surface area contributed by atoms with Crippen molar-refractivity contribution in [2.75, 3.05) is 14.2 Å². The van der Waals surface area contributed by atoms with Crippen molar-refractivity contribution in [3.8, 4) is 17.2 Å². The van der Waals surface area contributed by atoms with Gasteiger partial charge < -0.3 is 19.7 Å². The average molecular weight is 294 g/mol. The highest BCUT2D eigenvalue weighted by atomic mass is 16.5. The van der Waals surface area contributed by atoms with Gasteiger partial charge in [0.2, 0.25) is 0 Å².